The molecule has 1 aromatic rings. The van der Waals surface area contributed by atoms with Crippen molar-refractivity contribution in [1.29, 1.82) is 0 Å². The zero-order chi connectivity index (χ0) is 17.1. The van der Waals surface area contributed by atoms with Crippen LogP contribution in [-0.4, -0.2) is 24.0 Å². The van der Waals surface area contributed by atoms with Crippen LogP contribution >= 0.6 is 11.3 Å². The van der Waals surface area contributed by atoms with Gasteiger partial charge in [0.15, 0.2) is 5.13 Å². The minimum absolute atomic E-state index is 0.0406. The van der Waals surface area contributed by atoms with E-state index in [1.807, 2.05) is 0 Å². The zero-order valence-electron chi connectivity index (χ0n) is 14.4. The highest BCUT2D eigenvalue weighted by Gasteiger charge is 2.16. The number of hydrogen-bond acceptors (Lipinski definition) is 5. The minimum atomic E-state index is -0.413. The second-order valence-electron chi connectivity index (χ2n) is 5.70. The molecule has 0 saturated carbocycles. The molecule has 1 rings (SSSR count). The lowest BCUT2D eigenvalue weighted by Crippen LogP contribution is -2.10. The Morgan fingerprint density at radius 2 is 1.70 bits per heavy atom. The highest BCUT2D eigenvalue weighted by Crippen LogP contribution is 2.23. The first kappa shape index (κ1) is 19.6. The van der Waals surface area contributed by atoms with Gasteiger partial charge in [-0.25, -0.2) is 9.78 Å². The van der Waals surface area contributed by atoms with Crippen LogP contribution in [0.1, 0.15) is 80.1 Å². The number of aromatic nitrogens is 1. The van der Waals surface area contributed by atoms with Crippen LogP contribution in [0.15, 0.2) is 0 Å². The van der Waals surface area contributed by atoms with E-state index in [1.165, 1.54) is 45.6 Å². The van der Waals surface area contributed by atoms with Crippen molar-refractivity contribution in [3.8, 4) is 0 Å². The van der Waals surface area contributed by atoms with Crippen LogP contribution in [0.3, 0.4) is 0 Å². The quantitative estimate of drug-likeness (QED) is 0.468. The molecule has 0 aromatic carbocycles. The van der Waals surface area contributed by atoms with E-state index in [-0.39, 0.29) is 5.91 Å². The van der Waals surface area contributed by atoms with E-state index < -0.39 is 5.97 Å². The van der Waals surface area contributed by atoms with E-state index in [4.69, 9.17) is 0 Å². The van der Waals surface area contributed by atoms with Crippen LogP contribution in [0.4, 0.5) is 5.13 Å². The second-order valence-corrected chi connectivity index (χ2v) is 6.70. The predicted octanol–water partition coefficient (Wildman–Crippen LogP) is 4.71. The van der Waals surface area contributed by atoms with E-state index >= 15 is 0 Å². The molecule has 0 fully saturated rings. The van der Waals surface area contributed by atoms with Crippen molar-refractivity contribution < 1.29 is 14.3 Å². The molecule has 6 heteroatoms. The maximum Gasteiger partial charge on any atom is 0.350 e. The van der Waals surface area contributed by atoms with E-state index in [1.54, 1.807) is 6.92 Å². The predicted molar refractivity (Wildman–Crippen MR) is 94.0 cm³/mol. The molecule has 23 heavy (non-hydrogen) atoms. The Morgan fingerprint density at radius 1 is 1.09 bits per heavy atom. The van der Waals surface area contributed by atoms with Crippen molar-refractivity contribution in [3.63, 3.8) is 0 Å². The summed E-state index contributed by atoms with van der Waals surface area (Å²) in [5.74, 6) is -0.454. The first-order chi connectivity index (χ1) is 11.1. The summed E-state index contributed by atoms with van der Waals surface area (Å²) in [5, 5.41) is 3.23. The van der Waals surface area contributed by atoms with E-state index in [0.29, 0.717) is 22.1 Å². The van der Waals surface area contributed by atoms with Gasteiger partial charge in [0.25, 0.3) is 0 Å². The van der Waals surface area contributed by atoms with Gasteiger partial charge in [0.1, 0.15) is 4.88 Å². The van der Waals surface area contributed by atoms with Crippen LogP contribution in [0.5, 0.6) is 0 Å². The summed E-state index contributed by atoms with van der Waals surface area (Å²) in [6, 6.07) is 0. The molecule has 0 bridgehead atoms. The van der Waals surface area contributed by atoms with Crippen LogP contribution < -0.4 is 5.32 Å². The molecule has 1 amide bonds. The number of hydrogen-bond donors (Lipinski definition) is 1. The highest BCUT2D eigenvalue weighted by atomic mass is 32.1. The van der Waals surface area contributed by atoms with Gasteiger partial charge in [-0.05, 0) is 13.3 Å². The minimum Gasteiger partial charge on any atom is -0.465 e. The fraction of sp³-hybridized carbons (Fsp3) is 0.706. The van der Waals surface area contributed by atoms with E-state index in [0.717, 1.165) is 24.2 Å². The molecule has 0 spiro atoms. The number of nitrogens with one attached hydrogen (secondary N) is 1. The van der Waals surface area contributed by atoms with Crippen LogP contribution in [0, 0.1) is 6.92 Å². The van der Waals surface area contributed by atoms with Gasteiger partial charge >= 0.3 is 5.97 Å². The molecule has 0 radical (unpaired) electrons. The number of aryl methyl sites for hydroxylation is 1. The molecule has 1 aromatic heterocycles. The first-order valence-corrected chi connectivity index (χ1v) is 9.25. The number of carbonyl (C=O) groups is 2. The smallest absolute Gasteiger partial charge is 0.350 e. The third kappa shape index (κ3) is 7.59. The SMILES string of the molecule is CCCCCCCCCCC(=O)Nc1nc(C)c(C(=O)OC)s1. The number of esters is 1. The monoisotopic (exact) mass is 340 g/mol. The van der Waals surface area contributed by atoms with Crippen LogP contribution in [-0.2, 0) is 9.53 Å². The Kier molecular flexibility index (Phi) is 9.52. The van der Waals surface area contributed by atoms with Crippen molar-refractivity contribution in [3.05, 3.63) is 10.6 Å². The second kappa shape index (κ2) is 11.2. The van der Waals surface area contributed by atoms with Crippen molar-refractivity contribution in [2.45, 2.75) is 71.6 Å². The van der Waals surface area contributed by atoms with Gasteiger partial charge in [-0.1, -0.05) is 63.2 Å². The Balaban J connectivity index is 2.20. The standard InChI is InChI=1S/C17H28N2O3S/c1-4-5-6-7-8-9-10-11-12-14(20)19-17-18-13(2)15(23-17)16(21)22-3/h4-12H2,1-3H3,(H,18,19,20). The van der Waals surface area contributed by atoms with Gasteiger partial charge < -0.3 is 10.1 Å². The number of rotatable bonds is 11. The Labute approximate surface area is 142 Å². The molecule has 0 aliphatic rings. The molecular formula is C17H28N2O3S. The molecular weight excluding hydrogens is 312 g/mol. The molecule has 1 N–H and O–H groups in total. The summed E-state index contributed by atoms with van der Waals surface area (Å²) in [5.41, 5.74) is 0.587. The van der Waals surface area contributed by atoms with E-state index in [9.17, 15) is 9.59 Å². The number of nitrogens with zero attached hydrogens (tertiary/aromatic N) is 1. The molecule has 0 aliphatic heterocycles. The maximum atomic E-state index is 11.9. The van der Waals surface area contributed by atoms with Crippen molar-refractivity contribution in [2.75, 3.05) is 12.4 Å². The van der Waals surface area contributed by atoms with Gasteiger partial charge in [0, 0.05) is 6.42 Å². The Morgan fingerprint density at radius 3 is 2.30 bits per heavy atom. The Hall–Kier alpha value is -1.43. The summed E-state index contributed by atoms with van der Waals surface area (Å²) < 4.78 is 4.68. The van der Waals surface area contributed by atoms with Crippen molar-refractivity contribution in [1.82, 2.24) is 4.98 Å². The number of anilines is 1. The number of unbranched alkanes of at least 4 members (excludes halogenated alkanes) is 7. The normalized spacial score (nSPS) is 10.6. The summed E-state index contributed by atoms with van der Waals surface area (Å²) >= 11 is 1.16. The summed E-state index contributed by atoms with van der Waals surface area (Å²) in [4.78, 5) is 28.0. The molecule has 0 aliphatic carbocycles. The van der Waals surface area contributed by atoms with Gasteiger partial charge in [-0.3, -0.25) is 4.79 Å². The molecule has 0 atom stereocenters. The lowest BCUT2D eigenvalue weighted by molar-refractivity contribution is -0.116. The average Bonchev–Trinajstić information content (AvgIpc) is 2.89. The summed E-state index contributed by atoms with van der Waals surface area (Å²) in [6.45, 7) is 3.95. The molecule has 0 unspecified atom stereocenters. The number of carbonyl (C=O) groups excluding carboxylic acids is 2. The lowest BCUT2D eigenvalue weighted by atomic mass is 10.1. The zero-order valence-corrected chi connectivity index (χ0v) is 15.3. The third-order valence-electron chi connectivity index (χ3n) is 3.67. The first-order valence-electron chi connectivity index (χ1n) is 8.44. The van der Waals surface area contributed by atoms with Crippen molar-refractivity contribution in [2.24, 2.45) is 0 Å². The van der Waals surface area contributed by atoms with E-state index in [2.05, 4.69) is 22.0 Å². The van der Waals surface area contributed by atoms with Gasteiger partial charge in [-0.15, -0.1) is 0 Å². The fourth-order valence-corrected chi connectivity index (χ4v) is 3.23. The third-order valence-corrected chi connectivity index (χ3v) is 4.72. The van der Waals surface area contributed by atoms with Gasteiger partial charge in [-0.2, -0.15) is 0 Å². The average molecular weight is 340 g/mol. The van der Waals surface area contributed by atoms with Gasteiger partial charge in [0.05, 0.1) is 12.8 Å². The maximum absolute atomic E-state index is 11.9. The van der Waals surface area contributed by atoms with Crippen molar-refractivity contribution >= 4 is 28.3 Å². The highest BCUT2D eigenvalue weighted by molar-refractivity contribution is 7.17. The summed E-state index contributed by atoms with van der Waals surface area (Å²) in [7, 11) is 1.34. The molecule has 0 saturated heterocycles. The molecule has 5 nitrogen and oxygen atoms in total. The molecule has 1 heterocycles. The van der Waals surface area contributed by atoms with Crippen LogP contribution in [0.25, 0.3) is 0 Å². The number of methoxy groups -OCH3 is 1. The van der Waals surface area contributed by atoms with Gasteiger partial charge in [0.2, 0.25) is 5.91 Å². The number of ether oxygens (including phenoxy) is 1. The topological polar surface area (TPSA) is 68.3 Å². The number of amides is 1. The molecule has 130 valence electrons. The Bertz CT molecular complexity index is 500. The lowest BCUT2D eigenvalue weighted by Gasteiger charge is -2.02. The fourth-order valence-electron chi connectivity index (χ4n) is 2.33. The van der Waals surface area contributed by atoms with Crippen LogP contribution in [0.2, 0.25) is 0 Å². The summed E-state index contributed by atoms with van der Waals surface area (Å²) in [6.07, 6.45) is 10.2. The largest absolute Gasteiger partial charge is 0.465 e. The number of thiazole rings is 1.